The quantitative estimate of drug-likeness (QED) is 0.393. The first-order valence-corrected chi connectivity index (χ1v) is 10.5. The van der Waals surface area contributed by atoms with Crippen molar-refractivity contribution in [1.29, 1.82) is 0 Å². The van der Waals surface area contributed by atoms with Crippen LogP contribution in [0.2, 0.25) is 5.02 Å². The van der Waals surface area contributed by atoms with E-state index in [2.05, 4.69) is 25.7 Å². The van der Waals surface area contributed by atoms with Crippen LogP contribution in [0.25, 0.3) is 16.8 Å². The second-order valence-electron chi connectivity index (χ2n) is 7.63. The van der Waals surface area contributed by atoms with Gasteiger partial charge in [-0.1, -0.05) is 23.7 Å². The molecule has 4 heterocycles. The van der Waals surface area contributed by atoms with Gasteiger partial charge in [-0.2, -0.15) is 9.61 Å². The van der Waals surface area contributed by atoms with Crippen molar-refractivity contribution in [3.63, 3.8) is 0 Å². The normalized spacial score (nSPS) is 16.1. The molecule has 1 amide bonds. The summed E-state index contributed by atoms with van der Waals surface area (Å²) >= 11 is 6.05. The number of carbonyl (C=O) groups excluding carboxylic acids is 1. The van der Waals surface area contributed by atoms with Gasteiger partial charge >= 0.3 is 0 Å². The third kappa shape index (κ3) is 3.89. The average molecular weight is 468 g/mol. The molecule has 2 bridgehead atoms. The Kier molecular flexibility index (Phi) is 5.21. The molecule has 0 spiro atoms. The predicted octanol–water partition coefficient (Wildman–Crippen LogP) is 3.29. The van der Waals surface area contributed by atoms with Gasteiger partial charge in [-0.05, 0) is 30.7 Å². The van der Waals surface area contributed by atoms with Gasteiger partial charge in [0.15, 0.2) is 5.65 Å². The molecule has 1 aliphatic rings. The predicted molar refractivity (Wildman–Crippen MR) is 122 cm³/mol. The van der Waals surface area contributed by atoms with Crippen molar-refractivity contribution in [2.75, 3.05) is 17.6 Å². The number of nitrogens with two attached hydrogens (primary N) is 1. The van der Waals surface area contributed by atoms with E-state index in [0.717, 1.165) is 11.8 Å². The second kappa shape index (κ2) is 8.21. The molecule has 168 valence electrons. The number of hydrogen-bond acceptors (Lipinski definition) is 7. The molecule has 1 atom stereocenters. The van der Waals surface area contributed by atoms with Crippen LogP contribution in [-0.4, -0.2) is 38.1 Å². The van der Waals surface area contributed by atoms with Gasteiger partial charge in [-0.25, -0.2) is 14.4 Å². The lowest BCUT2D eigenvalue weighted by atomic mass is 10.1. The summed E-state index contributed by atoms with van der Waals surface area (Å²) in [5, 5.41) is 10.9. The van der Waals surface area contributed by atoms with Crippen molar-refractivity contribution in [2.24, 2.45) is 0 Å². The van der Waals surface area contributed by atoms with Crippen LogP contribution in [0.4, 0.5) is 16.0 Å². The fourth-order valence-corrected chi connectivity index (χ4v) is 3.77. The Morgan fingerprint density at radius 1 is 1.24 bits per heavy atom. The highest BCUT2D eigenvalue weighted by atomic mass is 35.5. The van der Waals surface area contributed by atoms with Gasteiger partial charge in [0.1, 0.15) is 29.1 Å². The van der Waals surface area contributed by atoms with E-state index in [-0.39, 0.29) is 41.9 Å². The monoisotopic (exact) mass is 467 g/mol. The van der Waals surface area contributed by atoms with E-state index in [1.165, 1.54) is 16.8 Å². The van der Waals surface area contributed by atoms with E-state index in [4.69, 9.17) is 22.1 Å². The van der Waals surface area contributed by atoms with Crippen LogP contribution < -0.4 is 21.1 Å². The molecule has 1 aliphatic heterocycles. The van der Waals surface area contributed by atoms with E-state index in [0.29, 0.717) is 22.0 Å². The van der Waals surface area contributed by atoms with Crippen LogP contribution >= 0.6 is 11.6 Å². The molecular formula is C22H19ClFN7O2. The lowest BCUT2D eigenvalue weighted by Gasteiger charge is -2.18. The van der Waals surface area contributed by atoms with Crippen molar-refractivity contribution in [3.8, 4) is 17.0 Å². The first-order valence-electron chi connectivity index (χ1n) is 10.2. The molecule has 3 aromatic heterocycles. The highest BCUT2D eigenvalue weighted by Gasteiger charge is 2.23. The van der Waals surface area contributed by atoms with E-state index >= 15 is 0 Å². The Labute approximate surface area is 192 Å². The van der Waals surface area contributed by atoms with Gasteiger partial charge in [0.05, 0.1) is 24.5 Å². The lowest BCUT2D eigenvalue weighted by molar-refractivity contribution is 0.0932. The highest BCUT2D eigenvalue weighted by molar-refractivity contribution is 6.30. The maximum Gasteiger partial charge on any atom is 0.256 e. The summed E-state index contributed by atoms with van der Waals surface area (Å²) < 4.78 is 21.2. The molecule has 4 aromatic rings. The van der Waals surface area contributed by atoms with Crippen LogP contribution in [0.1, 0.15) is 22.8 Å². The van der Waals surface area contributed by atoms with Gasteiger partial charge in [0.25, 0.3) is 5.91 Å². The van der Waals surface area contributed by atoms with Crippen molar-refractivity contribution >= 4 is 34.8 Å². The van der Waals surface area contributed by atoms with Crippen LogP contribution in [0.5, 0.6) is 5.88 Å². The molecule has 4 N–H and O–H groups in total. The summed E-state index contributed by atoms with van der Waals surface area (Å²) in [6.07, 6.45) is 2.09. The van der Waals surface area contributed by atoms with Crippen molar-refractivity contribution < 1.29 is 13.9 Å². The molecule has 1 aromatic carbocycles. The molecular weight excluding hydrogens is 449 g/mol. The Balaban J connectivity index is 1.71. The topological polar surface area (TPSA) is 119 Å². The molecule has 0 aliphatic carbocycles. The zero-order valence-electron chi connectivity index (χ0n) is 17.5. The maximum atomic E-state index is 14.0. The minimum atomic E-state index is -0.497. The minimum absolute atomic E-state index is 0.154. The lowest BCUT2D eigenvalue weighted by Crippen LogP contribution is -2.33. The summed E-state index contributed by atoms with van der Waals surface area (Å²) in [6, 6.07) is 8.42. The molecule has 0 fully saturated rings. The maximum absolute atomic E-state index is 14.0. The fourth-order valence-electron chi connectivity index (χ4n) is 3.65. The zero-order chi connectivity index (χ0) is 23.1. The van der Waals surface area contributed by atoms with Crippen LogP contribution in [0, 0.1) is 5.82 Å². The van der Waals surface area contributed by atoms with E-state index in [9.17, 15) is 9.18 Å². The minimum Gasteiger partial charge on any atom is -0.473 e. The number of nitrogen functional groups attached to an aromatic ring is 1. The molecule has 0 unspecified atom stereocenters. The first-order chi connectivity index (χ1) is 15.9. The van der Waals surface area contributed by atoms with Gasteiger partial charge in [-0.15, -0.1) is 0 Å². The number of pyridine rings is 1. The molecule has 0 saturated heterocycles. The molecule has 33 heavy (non-hydrogen) atoms. The summed E-state index contributed by atoms with van der Waals surface area (Å²) in [7, 11) is 0. The molecule has 11 heteroatoms. The van der Waals surface area contributed by atoms with E-state index in [1.807, 2.05) is 0 Å². The van der Waals surface area contributed by atoms with E-state index < -0.39 is 11.9 Å². The number of fused-ring (bicyclic) bond motifs is 2. The Hall–Kier alpha value is -3.92. The molecule has 0 saturated carbocycles. The smallest absolute Gasteiger partial charge is 0.256 e. The van der Waals surface area contributed by atoms with Gasteiger partial charge < -0.3 is 21.1 Å². The molecule has 9 nitrogen and oxygen atoms in total. The molecule has 5 rings (SSSR count). The Morgan fingerprint density at radius 3 is 2.82 bits per heavy atom. The standard InChI is InChI=1S/C22H19ClFN7O2/c1-11-7-27-21(32)16-10-29-31-18(25)17(12-2-4-14(23)5-3-12)19(30-20(16)31)26-8-13-6-15(24)9-28-22(13)33-11/h2-6,9-11H,7-8,25H2,1H3,(H,26,30)(H,27,32)/t11-/m0/s1. The number of benzene rings is 1. The SMILES string of the molecule is C[C@H]1CNC(=O)c2cnn3c(N)c(-c4ccc(Cl)cc4)c(nc23)NCc2cc(F)cnc2O1. The van der Waals surface area contributed by atoms with Crippen LogP contribution in [0.3, 0.4) is 0 Å². The fraction of sp³-hybridized carbons (Fsp3) is 0.182. The average Bonchev–Trinajstić information content (AvgIpc) is 3.22. The largest absolute Gasteiger partial charge is 0.473 e. The summed E-state index contributed by atoms with van der Waals surface area (Å²) in [5.74, 6) is 0.0581. The number of nitrogens with one attached hydrogen (secondary N) is 2. The van der Waals surface area contributed by atoms with Crippen molar-refractivity contribution in [2.45, 2.75) is 19.6 Å². The van der Waals surface area contributed by atoms with Crippen molar-refractivity contribution in [1.82, 2.24) is 24.9 Å². The highest BCUT2D eigenvalue weighted by Crippen LogP contribution is 2.35. The number of aromatic nitrogens is 4. The van der Waals surface area contributed by atoms with Crippen molar-refractivity contribution in [3.05, 3.63) is 64.7 Å². The van der Waals surface area contributed by atoms with Crippen LogP contribution in [0.15, 0.2) is 42.7 Å². The number of nitrogens with zero attached hydrogens (tertiary/aromatic N) is 4. The number of rotatable bonds is 1. The van der Waals surface area contributed by atoms with Gasteiger partial charge in [0.2, 0.25) is 5.88 Å². The summed E-state index contributed by atoms with van der Waals surface area (Å²) in [5.41, 5.74) is 8.83. The first kappa shape index (κ1) is 21.0. The third-order valence-electron chi connectivity index (χ3n) is 5.26. The molecule has 0 radical (unpaired) electrons. The zero-order valence-corrected chi connectivity index (χ0v) is 18.2. The Morgan fingerprint density at radius 2 is 2.03 bits per heavy atom. The third-order valence-corrected chi connectivity index (χ3v) is 5.51. The number of ether oxygens (including phenoxy) is 1. The van der Waals surface area contributed by atoms with E-state index in [1.54, 1.807) is 31.2 Å². The number of anilines is 2. The number of hydrogen-bond donors (Lipinski definition) is 3. The van der Waals surface area contributed by atoms with Crippen LogP contribution in [-0.2, 0) is 6.54 Å². The number of carbonyl (C=O) groups is 1. The summed E-state index contributed by atoms with van der Waals surface area (Å²) in [4.78, 5) is 21.6. The Bertz CT molecular complexity index is 1370. The second-order valence-corrected chi connectivity index (χ2v) is 8.07. The van der Waals surface area contributed by atoms with Gasteiger partial charge in [0, 0.05) is 17.1 Å². The number of amides is 1. The van der Waals surface area contributed by atoms with Gasteiger partial charge in [-0.3, -0.25) is 4.79 Å². The number of halogens is 2. The summed E-state index contributed by atoms with van der Waals surface area (Å²) in [6.45, 7) is 2.14.